The van der Waals surface area contributed by atoms with E-state index < -0.39 is 6.17 Å². The van der Waals surface area contributed by atoms with Crippen LogP contribution in [-0.4, -0.2) is 64.6 Å². The Hall–Kier alpha value is 1.16. The van der Waals surface area contributed by atoms with Crippen LogP contribution in [0, 0.1) is 0 Å². The Morgan fingerprint density at radius 1 is 1.00 bits per heavy atom. The summed E-state index contributed by atoms with van der Waals surface area (Å²) in [6.07, 6.45) is -2.94. The summed E-state index contributed by atoms with van der Waals surface area (Å²) in [7, 11) is 3.03. The summed E-state index contributed by atoms with van der Waals surface area (Å²) in [5, 5.41) is 0. The molecule has 2 unspecified atom stereocenters. The maximum atomic E-state index is 14.2. The summed E-state index contributed by atoms with van der Waals surface area (Å²) in [6, 6.07) is 0. The molecule has 8 heteroatoms. The smallest absolute Gasteiger partial charge is 0.371 e. The third-order valence-electron chi connectivity index (χ3n) is 2.59. The van der Waals surface area contributed by atoms with E-state index in [1.54, 1.807) is 0 Å². The molecule has 1 saturated heterocycles. The van der Waals surface area contributed by atoms with Crippen molar-refractivity contribution in [1.82, 2.24) is 9.80 Å². The highest BCUT2D eigenvalue weighted by molar-refractivity contribution is 14.1. The van der Waals surface area contributed by atoms with Crippen molar-refractivity contribution in [1.29, 1.82) is 0 Å². The van der Waals surface area contributed by atoms with Crippen molar-refractivity contribution in [3.8, 4) is 0 Å². The van der Waals surface area contributed by atoms with Crippen LogP contribution in [0.3, 0.4) is 0 Å². The van der Waals surface area contributed by atoms with Gasteiger partial charge >= 0.3 is 6.17 Å². The zero-order chi connectivity index (χ0) is 13.1. The van der Waals surface area contributed by atoms with Crippen molar-refractivity contribution in [3.63, 3.8) is 0 Å². The largest absolute Gasteiger partial charge is 0.383 e. The molecule has 0 bridgehead atoms. The zero-order valence-corrected chi connectivity index (χ0v) is 14.0. The summed E-state index contributed by atoms with van der Waals surface area (Å²) in [4.78, 5) is 2.34. The summed E-state index contributed by atoms with van der Waals surface area (Å²) >= 11 is 4.10. The summed E-state index contributed by atoms with van der Waals surface area (Å²) in [6.45, 7) is 1.05. The van der Waals surface area contributed by atoms with Crippen LogP contribution >= 0.6 is 45.2 Å². The fourth-order valence-electron chi connectivity index (χ4n) is 1.65. The van der Waals surface area contributed by atoms with Gasteiger partial charge in [0.1, 0.15) is 0 Å². The quantitative estimate of drug-likeness (QED) is 0.333. The predicted octanol–water partition coefficient (Wildman–Crippen LogP) is 1.97. The van der Waals surface area contributed by atoms with Crippen LogP contribution in [0.4, 0.5) is 8.78 Å². The van der Waals surface area contributed by atoms with E-state index >= 15 is 0 Å². The number of hydrogen-bond acceptors (Lipinski definition) is 4. The monoisotopic (exact) mass is 476 g/mol. The minimum Gasteiger partial charge on any atom is -0.383 e. The van der Waals surface area contributed by atoms with E-state index in [0.29, 0.717) is 13.2 Å². The van der Waals surface area contributed by atoms with Crippen LogP contribution in [0.2, 0.25) is 0 Å². The SMILES string of the molecule is COCCN1C(I)C(I)N(CCOC)C1(F)F. The molecule has 1 aliphatic heterocycles. The van der Waals surface area contributed by atoms with Gasteiger partial charge in [0.15, 0.2) is 0 Å². The predicted molar refractivity (Wildman–Crippen MR) is 77.7 cm³/mol. The normalized spacial score (nSPS) is 30.0. The number of ether oxygens (including phenoxy) is 2. The molecule has 1 fully saturated rings. The maximum absolute atomic E-state index is 14.2. The van der Waals surface area contributed by atoms with Gasteiger partial charge in [-0.3, -0.25) is 0 Å². The minimum absolute atomic E-state index is 0.222. The molecule has 17 heavy (non-hydrogen) atoms. The van der Waals surface area contributed by atoms with Crippen LogP contribution in [0.15, 0.2) is 0 Å². The molecule has 1 rings (SSSR count). The van der Waals surface area contributed by atoms with Crippen molar-refractivity contribution in [3.05, 3.63) is 0 Å². The number of rotatable bonds is 6. The van der Waals surface area contributed by atoms with Crippen molar-refractivity contribution < 1.29 is 18.3 Å². The third kappa shape index (κ3) is 3.59. The van der Waals surface area contributed by atoms with Gasteiger partial charge in [0, 0.05) is 27.3 Å². The highest BCUT2D eigenvalue weighted by Gasteiger charge is 2.57. The molecule has 0 saturated carbocycles. The lowest BCUT2D eigenvalue weighted by atomic mass is 10.5. The average molecular weight is 476 g/mol. The summed E-state index contributed by atoms with van der Waals surface area (Å²) in [5.41, 5.74) is 0. The molecule has 1 heterocycles. The minimum atomic E-state index is -2.94. The molecule has 0 aromatic heterocycles. The molecule has 0 radical (unpaired) electrons. The van der Waals surface area contributed by atoms with Gasteiger partial charge in [-0.05, 0) is 0 Å². The average Bonchev–Trinajstić information content (AvgIpc) is 2.43. The van der Waals surface area contributed by atoms with E-state index in [0.717, 1.165) is 0 Å². The molecular weight excluding hydrogens is 460 g/mol. The highest BCUT2D eigenvalue weighted by atomic mass is 127. The first kappa shape index (κ1) is 16.2. The van der Waals surface area contributed by atoms with Gasteiger partial charge in [-0.15, -0.1) is 0 Å². The number of methoxy groups -OCH3 is 2. The Kier molecular flexibility index (Phi) is 6.75. The standard InChI is InChI=1S/C9H16F2I2N2O2/c1-16-5-3-14-7(12)8(13)15(4-6-17-2)9(14,10)11/h7-8H,3-6H2,1-2H3. The van der Waals surface area contributed by atoms with E-state index in [4.69, 9.17) is 9.47 Å². The highest BCUT2D eigenvalue weighted by Crippen LogP contribution is 2.42. The van der Waals surface area contributed by atoms with Crippen LogP contribution in [0.1, 0.15) is 0 Å². The lowest BCUT2D eigenvalue weighted by Crippen LogP contribution is -2.49. The lowest BCUT2D eigenvalue weighted by Gasteiger charge is -2.29. The number of halogens is 4. The van der Waals surface area contributed by atoms with Crippen molar-refractivity contribution in [2.24, 2.45) is 0 Å². The second-order valence-electron chi connectivity index (χ2n) is 3.63. The van der Waals surface area contributed by atoms with Crippen LogP contribution < -0.4 is 0 Å². The molecule has 2 atom stereocenters. The topological polar surface area (TPSA) is 24.9 Å². The first-order chi connectivity index (χ1) is 7.96. The van der Waals surface area contributed by atoms with Gasteiger partial charge in [0.25, 0.3) is 0 Å². The van der Waals surface area contributed by atoms with Crippen molar-refractivity contribution in [2.75, 3.05) is 40.5 Å². The van der Waals surface area contributed by atoms with E-state index in [1.165, 1.54) is 24.0 Å². The number of alkyl halides is 4. The fraction of sp³-hybridized carbons (Fsp3) is 1.00. The van der Waals surface area contributed by atoms with Gasteiger partial charge in [-0.1, -0.05) is 45.2 Å². The third-order valence-corrected chi connectivity index (χ3v) is 6.67. The molecule has 0 amide bonds. The Bertz CT molecular complexity index is 227. The van der Waals surface area contributed by atoms with Gasteiger partial charge in [0.2, 0.25) is 0 Å². The Balaban J connectivity index is 2.73. The van der Waals surface area contributed by atoms with Crippen molar-refractivity contribution in [2.45, 2.75) is 14.3 Å². The van der Waals surface area contributed by atoms with Crippen LogP contribution in [0.25, 0.3) is 0 Å². The maximum Gasteiger partial charge on any atom is 0.371 e. The Labute approximate surface area is 127 Å². The molecule has 0 spiro atoms. The Morgan fingerprint density at radius 2 is 1.35 bits per heavy atom. The zero-order valence-electron chi connectivity index (χ0n) is 9.71. The molecular formula is C9H16F2I2N2O2. The molecule has 102 valence electrons. The second-order valence-corrected chi connectivity index (χ2v) is 6.18. The summed E-state index contributed by atoms with van der Waals surface area (Å²) < 4.78 is 37.6. The first-order valence-corrected chi connectivity index (χ1v) is 7.63. The Morgan fingerprint density at radius 3 is 1.65 bits per heavy atom. The van der Waals surface area contributed by atoms with Gasteiger partial charge in [0.05, 0.1) is 21.3 Å². The molecule has 0 aromatic rings. The molecule has 0 aliphatic carbocycles. The molecule has 0 N–H and O–H groups in total. The summed E-state index contributed by atoms with van der Waals surface area (Å²) in [5.74, 6) is 0. The first-order valence-electron chi connectivity index (χ1n) is 5.14. The van der Waals surface area contributed by atoms with Crippen molar-refractivity contribution >= 4 is 45.2 Å². The van der Waals surface area contributed by atoms with Gasteiger partial charge in [-0.25, -0.2) is 9.80 Å². The van der Waals surface area contributed by atoms with E-state index in [2.05, 4.69) is 45.2 Å². The van der Waals surface area contributed by atoms with Crippen LogP contribution in [0.5, 0.6) is 0 Å². The number of hydrogen-bond donors (Lipinski definition) is 0. The van der Waals surface area contributed by atoms with E-state index in [9.17, 15) is 8.78 Å². The van der Waals surface area contributed by atoms with Gasteiger partial charge in [-0.2, -0.15) is 8.78 Å². The van der Waals surface area contributed by atoms with E-state index in [1.807, 2.05) is 0 Å². The molecule has 0 aromatic carbocycles. The van der Waals surface area contributed by atoms with Gasteiger partial charge < -0.3 is 9.47 Å². The fourth-order valence-corrected chi connectivity index (χ4v) is 3.66. The van der Waals surface area contributed by atoms with E-state index in [-0.39, 0.29) is 21.2 Å². The second kappa shape index (κ2) is 7.08. The lowest BCUT2D eigenvalue weighted by molar-refractivity contribution is -0.215. The number of nitrogens with zero attached hydrogens (tertiary/aromatic N) is 2. The molecule has 4 nitrogen and oxygen atoms in total. The van der Waals surface area contributed by atoms with Crippen LogP contribution in [-0.2, 0) is 9.47 Å². The molecule has 1 aliphatic rings.